The van der Waals surface area contributed by atoms with Crippen molar-refractivity contribution >= 4 is 5.91 Å². The molecule has 0 bridgehead atoms. The van der Waals surface area contributed by atoms with Gasteiger partial charge in [-0.3, -0.25) is 4.79 Å². The van der Waals surface area contributed by atoms with E-state index in [-0.39, 0.29) is 12.0 Å². The van der Waals surface area contributed by atoms with Gasteiger partial charge in [0, 0.05) is 6.54 Å². The van der Waals surface area contributed by atoms with Gasteiger partial charge in [0.25, 0.3) is 0 Å². The zero-order chi connectivity index (χ0) is 12.5. The first-order chi connectivity index (χ1) is 8.18. The molecular formula is C13H20N2O2. The number of carbonyl (C=O) groups excluding carboxylic acids is 1. The summed E-state index contributed by atoms with van der Waals surface area (Å²) in [6.45, 7) is 3.23. The van der Waals surface area contributed by atoms with E-state index >= 15 is 0 Å². The molecule has 1 atom stereocenters. The van der Waals surface area contributed by atoms with Crippen LogP contribution in [0.1, 0.15) is 18.9 Å². The van der Waals surface area contributed by atoms with Crippen LogP contribution in [0, 0.1) is 0 Å². The molecule has 0 heterocycles. The molecular weight excluding hydrogens is 216 g/mol. The Kier molecular flexibility index (Phi) is 6.29. The second-order valence-electron chi connectivity index (χ2n) is 4.08. The van der Waals surface area contributed by atoms with Gasteiger partial charge in [0.15, 0.2) is 0 Å². The van der Waals surface area contributed by atoms with Crippen molar-refractivity contribution in [1.29, 1.82) is 0 Å². The molecule has 3 N–H and O–H groups in total. The molecule has 0 radical (unpaired) electrons. The van der Waals surface area contributed by atoms with Crippen molar-refractivity contribution in [3.05, 3.63) is 35.9 Å². The monoisotopic (exact) mass is 236 g/mol. The number of benzene rings is 1. The van der Waals surface area contributed by atoms with Crippen LogP contribution in [0.2, 0.25) is 0 Å². The fourth-order valence-electron chi connectivity index (χ4n) is 1.37. The van der Waals surface area contributed by atoms with Crippen molar-refractivity contribution < 1.29 is 9.90 Å². The Labute approximate surface area is 102 Å². The summed E-state index contributed by atoms with van der Waals surface area (Å²) in [4.78, 5) is 11.4. The summed E-state index contributed by atoms with van der Waals surface area (Å²) in [5.74, 6) is -0.0283. The van der Waals surface area contributed by atoms with Crippen LogP contribution >= 0.6 is 0 Å². The molecule has 0 fully saturated rings. The highest BCUT2D eigenvalue weighted by molar-refractivity contribution is 5.77. The summed E-state index contributed by atoms with van der Waals surface area (Å²) in [5.41, 5.74) is 1.09. The summed E-state index contributed by atoms with van der Waals surface area (Å²) in [6, 6.07) is 9.79. The fourth-order valence-corrected chi connectivity index (χ4v) is 1.37. The second kappa shape index (κ2) is 7.81. The zero-order valence-corrected chi connectivity index (χ0v) is 10.1. The molecule has 0 spiro atoms. The van der Waals surface area contributed by atoms with Gasteiger partial charge >= 0.3 is 0 Å². The van der Waals surface area contributed by atoms with Crippen molar-refractivity contribution in [1.82, 2.24) is 10.6 Å². The molecule has 1 amide bonds. The van der Waals surface area contributed by atoms with Crippen LogP contribution in [0.25, 0.3) is 0 Å². The molecule has 4 nitrogen and oxygen atoms in total. The molecule has 0 aliphatic heterocycles. The smallest absolute Gasteiger partial charge is 0.234 e. The van der Waals surface area contributed by atoms with Gasteiger partial charge in [0.2, 0.25) is 5.91 Å². The Hall–Kier alpha value is -1.39. The van der Waals surface area contributed by atoms with E-state index in [0.29, 0.717) is 26.1 Å². The highest BCUT2D eigenvalue weighted by Crippen LogP contribution is 1.96. The summed E-state index contributed by atoms with van der Waals surface area (Å²) in [5, 5.41) is 14.8. The van der Waals surface area contributed by atoms with Crippen molar-refractivity contribution in [2.24, 2.45) is 0 Å². The normalized spacial score (nSPS) is 12.1. The third-order valence-electron chi connectivity index (χ3n) is 2.36. The Morgan fingerprint density at radius 2 is 2.06 bits per heavy atom. The lowest BCUT2D eigenvalue weighted by atomic mass is 10.2. The van der Waals surface area contributed by atoms with E-state index in [0.717, 1.165) is 5.56 Å². The summed E-state index contributed by atoms with van der Waals surface area (Å²) >= 11 is 0. The first kappa shape index (κ1) is 13.7. The maximum Gasteiger partial charge on any atom is 0.234 e. The van der Waals surface area contributed by atoms with Crippen molar-refractivity contribution in [2.75, 3.05) is 13.1 Å². The number of rotatable bonds is 7. The molecule has 17 heavy (non-hydrogen) atoms. The number of hydrogen-bond acceptors (Lipinski definition) is 3. The molecule has 0 aromatic heterocycles. The summed E-state index contributed by atoms with van der Waals surface area (Å²) < 4.78 is 0. The quantitative estimate of drug-likeness (QED) is 0.610. The van der Waals surface area contributed by atoms with Gasteiger partial charge < -0.3 is 15.7 Å². The van der Waals surface area contributed by atoms with Crippen LogP contribution in [0.3, 0.4) is 0 Å². The van der Waals surface area contributed by atoms with E-state index in [1.54, 1.807) is 6.92 Å². The third kappa shape index (κ3) is 6.71. The predicted octanol–water partition coefficient (Wildman–Crippen LogP) is 0.663. The molecule has 0 aliphatic rings. The fraction of sp³-hybridized carbons (Fsp3) is 0.462. The Morgan fingerprint density at radius 3 is 2.71 bits per heavy atom. The van der Waals surface area contributed by atoms with E-state index in [1.165, 1.54) is 0 Å². The average molecular weight is 236 g/mol. The van der Waals surface area contributed by atoms with Gasteiger partial charge in [-0.1, -0.05) is 30.3 Å². The minimum absolute atomic E-state index is 0.0283. The summed E-state index contributed by atoms with van der Waals surface area (Å²) in [6.07, 6.45) is 0.335. The molecule has 94 valence electrons. The number of hydrogen-bond donors (Lipinski definition) is 3. The largest absolute Gasteiger partial charge is 0.393 e. The molecule has 1 aromatic rings. The number of nitrogens with one attached hydrogen (secondary N) is 2. The lowest BCUT2D eigenvalue weighted by Crippen LogP contribution is -2.34. The molecule has 0 saturated heterocycles. The second-order valence-corrected chi connectivity index (χ2v) is 4.08. The van der Waals surface area contributed by atoms with Gasteiger partial charge in [0.1, 0.15) is 0 Å². The maximum atomic E-state index is 11.4. The third-order valence-corrected chi connectivity index (χ3v) is 2.36. The minimum Gasteiger partial charge on any atom is -0.393 e. The van der Waals surface area contributed by atoms with Gasteiger partial charge in [0.05, 0.1) is 12.6 Å². The topological polar surface area (TPSA) is 61.4 Å². The molecule has 0 saturated carbocycles. The van der Waals surface area contributed by atoms with Crippen molar-refractivity contribution in [2.45, 2.75) is 26.0 Å². The van der Waals surface area contributed by atoms with Crippen LogP contribution in [0.5, 0.6) is 0 Å². The van der Waals surface area contributed by atoms with Crippen molar-refractivity contribution in [3.8, 4) is 0 Å². The van der Waals surface area contributed by atoms with E-state index in [4.69, 9.17) is 5.11 Å². The van der Waals surface area contributed by atoms with E-state index in [2.05, 4.69) is 10.6 Å². The number of amides is 1. The Morgan fingerprint density at radius 1 is 1.35 bits per heavy atom. The van der Waals surface area contributed by atoms with E-state index in [1.807, 2.05) is 30.3 Å². The van der Waals surface area contributed by atoms with Crippen LogP contribution < -0.4 is 10.6 Å². The zero-order valence-electron chi connectivity index (χ0n) is 10.1. The number of carbonyl (C=O) groups is 1. The lowest BCUT2D eigenvalue weighted by Gasteiger charge is -2.07. The predicted molar refractivity (Wildman–Crippen MR) is 67.5 cm³/mol. The maximum absolute atomic E-state index is 11.4. The Balaban J connectivity index is 2.09. The molecule has 1 aromatic carbocycles. The van der Waals surface area contributed by atoms with E-state index in [9.17, 15) is 4.79 Å². The van der Waals surface area contributed by atoms with Crippen LogP contribution in [-0.2, 0) is 11.3 Å². The SMILES string of the molecule is CC(O)CCNCC(=O)NCc1ccccc1. The number of aliphatic hydroxyl groups excluding tert-OH is 1. The first-order valence-corrected chi connectivity index (χ1v) is 5.88. The average Bonchev–Trinajstić information content (AvgIpc) is 2.33. The molecule has 4 heteroatoms. The summed E-state index contributed by atoms with van der Waals surface area (Å²) in [7, 11) is 0. The first-order valence-electron chi connectivity index (χ1n) is 5.88. The van der Waals surface area contributed by atoms with Crippen LogP contribution in [0.4, 0.5) is 0 Å². The molecule has 0 aliphatic carbocycles. The van der Waals surface area contributed by atoms with Crippen molar-refractivity contribution in [3.63, 3.8) is 0 Å². The van der Waals surface area contributed by atoms with Gasteiger partial charge in [-0.05, 0) is 25.5 Å². The standard InChI is InChI=1S/C13H20N2O2/c1-11(16)7-8-14-10-13(17)15-9-12-5-3-2-4-6-12/h2-6,11,14,16H,7-10H2,1H3,(H,15,17). The Bertz CT molecular complexity index is 325. The van der Waals surface area contributed by atoms with Crippen LogP contribution in [0.15, 0.2) is 30.3 Å². The highest BCUT2D eigenvalue weighted by Gasteiger charge is 2.01. The molecule has 1 rings (SSSR count). The van der Waals surface area contributed by atoms with Crippen LogP contribution in [-0.4, -0.2) is 30.2 Å². The molecule has 1 unspecified atom stereocenters. The van der Waals surface area contributed by atoms with Gasteiger partial charge in [-0.2, -0.15) is 0 Å². The van der Waals surface area contributed by atoms with E-state index < -0.39 is 0 Å². The van der Waals surface area contributed by atoms with Gasteiger partial charge in [-0.15, -0.1) is 0 Å². The number of aliphatic hydroxyl groups is 1. The lowest BCUT2D eigenvalue weighted by molar-refractivity contribution is -0.120. The van der Waals surface area contributed by atoms with Gasteiger partial charge in [-0.25, -0.2) is 0 Å². The highest BCUT2D eigenvalue weighted by atomic mass is 16.3. The minimum atomic E-state index is -0.324.